The Morgan fingerprint density at radius 2 is 1.69 bits per heavy atom. The summed E-state index contributed by atoms with van der Waals surface area (Å²) in [6.45, 7) is 3.33. The number of nitrogens with one attached hydrogen (secondary N) is 1. The predicted molar refractivity (Wildman–Crippen MR) is 124 cm³/mol. The third-order valence-electron chi connectivity index (χ3n) is 5.40. The van der Waals surface area contributed by atoms with Crippen LogP contribution in [0.1, 0.15) is 16.1 Å². The van der Waals surface area contributed by atoms with Gasteiger partial charge in [-0.25, -0.2) is 4.98 Å². The highest BCUT2D eigenvalue weighted by Gasteiger charge is 2.34. The van der Waals surface area contributed by atoms with E-state index in [1.54, 1.807) is 7.11 Å². The highest BCUT2D eigenvalue weighted by molar-refractivity contribution is 5.97. The number of benzene rings is 2. The standard InChI is InChI=1S/C24H24F3N5O3/c1-16-15-21(29-17-7-9-18(34-2)10-8-17)30-23(28-16)32-13-11-31(12-14-32)22(33)19-5-3-4-6-20(19)35-24(25,26)27/h3-10,15H,11-14H2,1-2H3,(H,28,29,30). The molecule has 0 spiro atoms. The molecule has 0 saturated carbocycles. The Balaban J connectivity index is 1.43. The van der Waals surface area contributed by atoms with Gasteiger partial charge < -0.3 is 24.6 Å². The van der Waals surface area contributed by atoms with E-state index in [-0.39, 0.29) is 5.56 Å². The normalized spacial score (nSPS) is 14.0. The first-order valence-electron chi connectivity index (χ1n) is 10.9. The van der Waals surface area contributed by atoms with E-state index in [1.807, 2.05) is 42.2 Å². The molecule has 1 saturated heterocycles. The largest absolute Gasteiger partial charge is 0.573 e. The van der Waals surface area contributed by atoms with Crippen LogP contribution in [0.5, 0.6) is 11.5 Å². The van der Waals surface area contributed by atoms with Gasteiger partial charge in [-0.15, -0.1) is 13.2 Å². The second-order valence-electron chi connectivity index (χ2n) is 7.87. The average molecular weight is 487 g/mol. The number of methoxy groups -OCH3 is 1. The number of ether oxygens (including phenoxy) is 2. The number of aromatic nitrogens is 2. The van der Waals surface area contributed by atoms with E-state index in [0.717, 1.165) is 23.2 Å². The molecule has 4 rings (SSSR count). The minimum absolute atomic E-state index is 0.129. The van der Waals surface area contributed by atoms with Crippen molar-refractivity contribution < 1.29 is 27.4 Å². The van der Waals surface area contributed by atoms with Gasteiger partial charge in [-0.05, 0) is 43.3 Å². The summed E-state index contributed by atoms with van der Waals surface area (Å²) in [6.07, 6.45) is -4.88. The number of rotatable bonds is 6. The van der Waals surface area contributed by atoms with E-state index in [9.17, 15) is 18.0 Å². The number of hydrogen-bond acceptors (Lipinski definition) is 7. The van der Waals surface area contributed by atoms with Crippen molar-refractivity contribution in [1.82, 2.24) is 14.9 Å². The van der Waals surface area contributed by atoms with E-state index < -0.39 is 18.0 Å². The van der Waals surface area contributed by atoms with Gasteiger partial charge in [0.15, 0.2) is 0 Å². The molecule has 1 N–H and O–H groups in total. The maximum absolute atomic E-state index is 12.9. The van der Waals surface area contributed by atoms with Gasteiger partial charge >= 0.3 is 6.36 Å². The van der Waals surface area contributed by atoms with Crippen molar-refractivity contribution in [3.05, 3.63) is 65.9 Å². The number of alkyl halides is 3. The van der Waals surface area contributed by atoms with Crippen LogP contribution >= 0.6 is 0 Å². The quantitative estimate of drug-likeness (QED) is 0.552. The average Bonchev–Trinajstić information content (AvgIpc) is 2.83. The van der Waals surface area contributed by atoms with Crippen molar-refractivity contribution >= 4 is 23.4 Å². The van der Waals surface area contributed by atoms with Crippen molar-refractivity contribution in [3.8, 4) is 11.5 Å². The van der Waals surface area contributed by atoms with Crippen molar-refractivity contribution in [2.24, 2.45) is 0 Å². The lowest BCUT2D eigenvalue weighted by molar-refractivity contribution is -0.274. The molecule has 2 aromatic carbocycles. The first-order chi connectivity index (χ1) is 16.7. The van der Waals surface area contributed by atoms with Crippen LogP contribution in [0.4, 0.5) is 30.6 Å². The minimum Gasteiger partial charge on any atom is -0.497 e. The monoisotopic (exact) mass is 487 g/mol. The summed E-state index contributed by atoms with van der Waals surface area (Å²) in [6, 6.07) is 14.6. The zero-order chi connectivity index (χ0) is 25.0. The van der Waals surface area contributed by atoms with Crippen LogP contribution < -0.4 is 19.7 Å². The smallest absolute Gasteiger partial charge is 0.497 e. The van der Waals surface area contributed by atoms with Gasteiger partial charge in [0.05, 0.1) is 12.7 Å². The Bertz CT molecular complexity index is 1180. The SMILES string of the molecule is COc1ccc(Nc2cc(C)nc(N3CCN(C(=O)c4ccccc4OC(F)(F)F)CC3)n2)cc1. The molecule has 1 aromatic heterocycles. The summed E-state index contributed by atoms with van der Waals surface area (Å²) in [5.74, 6) is 0.846. The number of carbonyl (C=O) groups excluding carboxylic acids is 1. The zero-order valence-corrected chi connectivity index (χ0v) is 19.2. The van der Waals surface area contributed by atoms with E-state index in [0.29, 0.717) is 37.9 Å². The van der Waals surface area contributed by atoms with Gasteiger partial charge in [0.25, 0.3) is 5.91 Å². The van der Waals surface area contributed by atoms with Gasteiger partial charge in [-0.1, -0.05) is 12.1 Å². The first-order valence-corrected chi connectivity index (χ1v) is 10.9. The number of halogens is 3. The number of piperazine rings is 1. The highest BCUT2D eigenvalue weighted by Crippen LogP contribution is 2.28. The Labute approximate surface area is 200 Å². The number of aryl methyl sites for hydroxylation is 1. The van der Waals surface area contributed by atoms with Crippen LogP contribution in [0, 0.1) is 6.92 Å². The molecule has 184 valence electrons. The number of nitrogens with zero attached hydrogens (tertiary/aromatic N) is 4. The summed E-state index contributed by atoms with van der Waals surface area (Å²) in [4.78, 5) is 25.5. The Morgan fingerprint density at radius 1 is 1.00 bits per heavy atom. The topological polar surface area (TPSA) is 79.8 Å². The third kappa shape index (κ3) is 6.11. The zero-order valence-electron chi connectivity index (χ0n) is 19.2. The fraction of sp³-hybridized carbons (Fsp3) is 0.292. The van der Waals surface area contributed by atoms with Gasteiger partial charge in [0, 0.05) is 43.6 Å². The molecule has 0 radical (unpaired) electrons. The molecule has 0 atom stereocenters. The number of para-hydroxylation sites is 1. The number of amides is 1. The summed E-state index contributed by atoms with van der Waals surface area (Å²) < 4.78 is 47.4. The molecule has 0 aliphatic carbocycles. The second kappa shape index (κ2) is 10.1. The van der Waals surface area contributed by atoms with Gasteiger partial charge in [0.2, 0.25) is 5.95 Å². The van der Waals surface area contributed by atoms with Crippen LogP contribution in [0.25, 0.3) is 0 Å². The molecule has 2 heterocycles. The molecule has 0 unspecified atom stereocenters. The Hall–Kier alpha value is -4.02. The van der Waals surface area contributed by atoms with Crippen LogP contribution in [-0.2, 0) is 0 Å². The highest BCUT2D eigenvalue weighted by atomic mass is 19.4. The molecule has 1 aliphatic heterocycles. The van der Waals surface area contributed by atoms with Crippen molar-refractivity contribution in [1.29, 1.82) is 0 Å². The van der Waals surface area contributed by atoms with Crippen molar-refractivity contribution in [2.75, 3.05) is 43.5 Å². The number of carbonyl (C=O) groups is 1. The van der Waals surface area contributed by atoms with E-state index in [1.165, 1.54) is 23.1 Å². The van der Waals surface area contributed by atoms with Gasteiger partial charge in [-0.3, -0.25) is 4.79 Å². The summed E-state index contributed by atoms with van der Waals surface area (Å²) in [5, 5.41) is 3.25. The molecule has 1 aliphatic rings. The molecule has 35 heavy (non-hydrogen) atoms. The molecular weight excluding hydrogens is 463 g/mol. The summed E-state index contributed by atoms with van der Waals surface area (Å²) >= 11 is 0. The van der Waals surface area contributed by atoms with Crippen LogP contribution in [0.3, 0.4) is 0 Å². The van der Waals surface area contributed by atoms with Crippen LogP contribution in [-0.4, -0.2) is 60.4 Å². The predicted octanol–water partition coefficient (Wildman–Crippen LogP) is 4.40. The summed E-state index contributed by atoms with van der Waals surface area (Å²) in [5.41, 5.74) is 1.48. The van der Waals surface area contributed by atoms with E-state index >= 15 is 0 Å². The molecule has 1 amide bonds. The lowest BCUT2D eigenvalue weighted by Gasteiger charge is -2.35. The lowest BCUT2D eigenvalue weighted by atomic mass is 10.1. The molecule has 8 nitrogen and oxygen atoms in total. The van der Waals surface area contributed by atoms with Crippen molar-refractivity contribution in [2.45, 2.75) is 13.3 Å². The van der Waals surface area contributed by atoms with E-state index in [2.05, 4.69) is 20.0 Å². The third-order valence-corrected chi connectivity index (χ3v) is 5.40. The van der Waals surface area contributed by atoms with Gasteiger partial charge in [-0.2, -0.15) is 4.98 Å². The summed E-state index contributed by atoms with van der Waals surface area (Å²) in [7, 11) is 1.60. The lowest BCUT2D eigenvalue weighted by Crippen LogP contribution is -2.49. The Kier molecular flexibility index (Phi) is 6.94. The maximum Gasteiger partial charge on any atom is 0.573 e. The second-order valence-corrected chi connectivity index (χ2v) is 7.87. The fourth-order valence-electron chi connectivity index (χ4n) is 3.72. The molecule has 11 heteroatoms. The van der Waals surface area contributed by atoms with Gasteiger partial charge in [0.1, 0.15) is 17.3 Å². The molecule has 0 bridgehead atoms. The van der Waals surface area contributed by atoms with Crippen LogP contribution in [0.15, 0.2) is 54.6 Å². The number of anilines is 3. The molecule has 3 aromatic rings. The minimum atomic E-state index is -4.88. The number of hydrogen-bond donors (Lipinski definition) is 1. The first kappa shape index (κ1) is 24.1. The van der Waals surface area contributed by atoms with Crippen LogP contribution in [0.2, 0.25) is 0 Å². The molecular formula is C24H24F3N5O3. The Morgan fingerprint density at radius 3 is 2.34 bits per heavy atom. The fourth-order valence-corrected chi connectivity index (χ4v) is 3.72. The van der Waals surface area contributed by atoms with E-state index in [4.69, 9.17) is 4.74 Å². The molecule has 1 fully saturated rings. The maximum atomic E-state index is 12.9. The van der Waals surface area contributed by atoms with Crippen molar-refractivity contribution in [3.63, 3.8) is 0 Å².